The molecule has 1 saturated heterocycles. The highest BCUT2D eigenvalue weighted by atomic mass is 16.6. The molecule has 0 bridgehead atoms. The summed E-state index contributed by atoms with van der Waals surface area (Å²) >= 11 is 0. The van der Waals surface area contributed by atoms with Gasteiger partial charge in [-0.05, 0) is 40.5 Å². The summed E-state index contributed by atoms with van der Waals surface area (Å²) in [6.07, 6.45) is 3.17. The maximum atomic E-state index is 11.9. The number of carbonyl (C=O) groups is 1. The average Bonchev–Trinajstić information content (AvgIpc) is 2.87. The number of aryl methyl sites for hydroxylation is 2. The molecule has 8 heteroatoms. The Hall–Kier alpha value is -2.38. The molecule has 3 rings (SSSR count). The maximum Gasteiger partial charge on any atom is 0.407 e. The highest BCUT2D eigenvalue weighted by Crippen LogP contribution is 2.26. The van der Waals surface area contributed by atoms with Crippen LogP contribution in [-0.4, -0.2) is 50.6 Å². The van der Waals surface area contributed by atoms with Crippen molar-refractivity contribution in [3.8, 4) is 0 Å². The fraction of sp³-hybridized carbons (Fsp3) is 0.647. The predicted octanol–water partition coefficient (Wildman–Crippen LogP) is 2.17. The molecule has 2 aromatic rings. The fourth-order valence-corrected chi connectivity index (χ4v) is 3.06. The molecule has 1 aliphatic rings. The van der Waals surface area contributed by atoms with Crippen molar-refractivity contribution in [1.82, 2.24) is 25.1 Å². The Morgan fingerprint density at radius 2 is 1.96 bits per heavy atom. The van der Waals surface area contributed by atoms with Gasteiger partial charge in [0.15, 0.2) is 5.65 Å². The van der Waals surface area contributed by atoms with Crippen molar-refractivity contribution in [1.29, 1.82) is 0 Å². The first-order valence-electron chi connectivity index (χ1n) is 8.64. The molecular weight excluding hydrogens is 320 g/mol. The third-order valence-corrected chi connectivity index (χ3v) is 4.20. The minimum atomic E-state index is -0.477. The SMILES string of the molecule is Cc1nc(N2CCC(NC(=O)OC(C)(C)C)CC2)c2cnn(C)c2n1. The summed E-state index contributed by atoms with van der Waals surface area (Å²) in [5.41, 5.74) is 0.367. The predicted molar refractivity (Wildman–Crippen MR) is 95.6 cm³/mol. The van der Waals surface area contributed by atoms with E-state index < -0.39 is 5.60 Å². The second kappa shape index (κ2) is 6.50. The first kappa shape index (κ1) is 17.4. The number of nitrogens with zero attached hydrogens (tertiary/aromatic N) is 5. The van der Waals surface area contributed by atoms with E-state index in [0.29, 0.717) is 0 Å². The van der Waals surface area contributed by atoms with Crippen molar-refractivity contribution >= 4 is 22.9 Å². The summed E-state index contributed by atoms with van der Waals surface area (Å²) < 4.78 is 7.10. The molecule has 0 saturated carbocycles. The highest BCUT2D eigenvalue weighted by Gasteiger charge is 2.25. The summed E-state index contributed by atoms with van der Waals surface area (Å²) in [6, 6.07) is 0.124. The molecule has 8 nitrogen and oxygen atoms in total. The van der Waals surface area contributed by atoms with Gasteiger partial charge in [0.2, 0.25) is 0 Å². The molecule has 1 N–H and O–H groups in total. The zero-order valence-electron chi connectivity index (χ0n) is 15.5. The van der Waals surface area contributed by atoms with Gasteiger partial charge < -0.3 is 15.0 Å². The Morgan fingerprint density at radius 3 is 2.60 bits per heavy atom. The third-order valence-electron chi connectivity index (χ3n) is 4.20. The van der Waals surface area contributed by atoms with Crippen LogP contribution in [0.1, 0.15) is 39.4 Å². The highest BCUT2D eigenvalue weighted by molar-refractivity contribution is 5.87. The molecule has 0 atom stereocenters. The van der Waals surface area contributed by atoms with Gasteiger partial charge in [0.25, 0.3) is 0 Å². The minimum absolute atomic E-state index is 0.124. The number of carbonyl (C=O) groups excluding carboxylic acids is 1. The van der Waals surface area contributed by atoms with Gasteiger partial charge in [0.05, 0.1) is 11.6 Å². The molecule has 1 fully saturated rings. The molecule has 0 aromatic carbocycles. The van der Waals surface area contributed by atoms with E-state index in [0.717, 1.165) is 48.6 Å². The van der Waals surface area contributed by atoms with E-state index >= 15 is 0 Å². The van der Waals surface area contributed by atoms with Gasteiger partial charge in [-0.2, -0.15) is 5.10 Å². The van der Waals surface area contributed by atoms with Gasteiger partial charge in [-0.3, -0.25) is 4.68 Å². The summed E-state index contributed by atoms with van der Waals surface area (Å²) in [6.45, 7) is 9.14. The van der Waals surface area contributed by atoms with Crippen LogP contribution in [0, 0.1) is 6.92 Å². The van der Waals surface area contributed by atoms with Crippen molar-refractivity contribution < 1.29 is 9.53 Å². The van der Waals surface area contributed by atoms with Crippen molar-refractivity contribution in [3.63, 3.8) is 0 Å². The number of aromatic nitrogens is 4. The normalized spacial score (nSPS) is 16.3. The van der Waals surface area contributed by atoms with E-state index in [1.807, 2.05) is 40.9 Å². The molecule has 136 valence electrons. The summed E-state index contributed by atoms with van der Waals surface area (Å²) in [7, 11) is 1.88. The number of ether oxygens (including phenoxy) is 1. The first-order chi connectivity index (χ1) is 11.7. The van der Waals surface area contributed by atoms with Crippen LogP contribution in [0.25, 0.3) is 11.0 Å². The van der Waals surface area contributed by atoms with Crippen molar-refractivity contribution in [3.05, 3.63) is 12.0 Å². The van der Waals surface area contributed by atoms with Crippen LogP contribution in [-0.2, 0) is 11.8 Å². The van der Waals surface area contributed by atoms with Crippen molar-refractivity contribution in [2.24, 2.45) is 7.05 Å². The fourth-order valence-electron chi connectivity index (χ4n) is 3.06. The molecule has 2 aromatic heterocycles. The first-order valence-corrected chi connectivity index (χ1v) is 8.64. The molecule has 0 aliphatic carbocycles. The Bertz CT molecular complexity index is 771. The zero-order chi connectivity index (χ0) is 18.2. The van der Waals surface area contributed by atoms with Crippen LogP contribution in [0.15, 0.2) is 6.20 Å². The monoisotopic (exact) mass is 346 g/mol. The molecular formula is C17H26N6O2. The van der Waals surface area contributed by atoms with E-state index in [4.69, 9.17) is 4.74 Å². The van der Waals surface area contributed by atoms with Gasteiger partial charge in [-0.1, -0.05) is 0 Å². The smallest absolute Gasteiger partial charge is 0.407 e. The van der Waals surface area contributed by atoms with Crippen LogP contribution < -0.4 is 10.2 Å². The number of nitrogens with one attached hydrogen (secondary N) is 1. The molecule has 1 amide bonds. The van der Waals surface area contributed by atoms with Crippen molar-refractivity contribution in [2.45, 2.75) is 52.2 Å². The van der Waals surface area contributed by atoms with E-state index in [9.17, 15) is 4.79 Å². The quantitative estimate of drug-likeness (QED) is 0.897. The lowest BCUT2D eigenvalue weighted by atomic mass is 10.1. The van der Waals surface area contributed by atoms with Crippen molar-refractivity contribution in [2.75, 3.05) is 18.0 Å². The number of piperidine rings is 1. The largest absolute Gasteiger partial charge is 0.444 e. The van der Waals surface area contributed by atoms with E-state index in [1.54, 1.807) is 4.68 Å². The van der Waals surface area contributed by atoms with Gasteiger partial charge in [-0.15, -0.1) is 0 Å². The Morgan fingerprint density at radius 1 is 1.28 bits per heavy atom. The standard InChI is InChI=1S/C17H26N6O2/c1-11-19-14-13(10-18-22(14)5)15(20-11)23-8-6-12(7-9-23)21-16(24)25-17(2,3)4/h10,12H,6-9H2,1-5H3,(H,21,24). The molecule has 0 spiro atoms. The number of fused-ring (bicyclic) bond motifs is 1. The van der Waals surface area contributed by atoms with Crippen LogP contribution in [0.2, 0.25) is 0 Å². The van der Waals surface area contributed by atoms with Gasteiger partial charge in [-0.25, -0.2) is 14.8 Å². The van der Waals surface area contributed by atoms with Gasteiger partial charge >= 0.3 is 6.09 Å². The van der Waals surface area contributed by atoms with Crippen LogP contribution >= 0.6 is 0 Å². The Kier molecular flexibility index (Phi) is 4.53. The molecule has 25 heavy (non-hydrogen) atoms. The van der Waals surface area contributed by atoms with E-state index in [1.165, 1.54) is 0 Å². The lowest BCUT2D eigenvalue weighted by Gasteiger charge is -2.33. The Labute approximate surface area is 147 Å². The number of alkyl carbamates (subject to hydrolysis) is 1. The number of hydrogen-bond donors (Lipinski definition) is 1. The lowest BCUT2D eigenvalue weighted by molar-refractivity contribution is 0.0497. The average molecular weight is 346 g/mol. The number of hydrogen-bond acceptors (Lipinski definition) is 6. The van der Waals surface area contributed by atoms with E-state index in [2.05, 4.69) is 25.3 Å². The van der Waals surface area contributed by atoms with Crippen LogP contribution in [0.4, 0.5) is 10.6 Å². The molecule has 1 aliphatic heterocycles. The molecule has 3 heterocycles. The number of amides is 1. The lowest BCUT2D eigenvalue weighted by Crippen LogP contribution is -2.46. The summed E-state index contributed by atoms with van der Waals surface area (Å²) in [5.74, 6) is 1.66. The zero-order valence-corrected chi connectivity index (χ0v) is 15.5. The number of anilines is 1. The summed E-state index contributed by atoms with van der Waals surface area (Å²) in [4.78, 5) is 23.3. The Balaban J connectivity index is 1.66. The van der Waals surface area contributed by atoms with Crippen LogP contribution in [0.3, 0.4) is 0 Å². The number of rotatable bonds is 2. The topological polar surface area (TPSA) is 85.2 Å². The second-order valence-electron chi connectivity index (χ2n) is 7.51. The maximum absolute atomic E-state index is 11.9. The summed E-state index contributed by atoms with van der Waals surface area (Å²) in [5, 5.41) is 8.22. The second-order valence-corrected chi connectivity index (χ2v) is 7.51. The van der Waals surface area contributed by atoms with E-state index in [-0.39, 0.29) is 12.1 Å². The minimum Gasteiger partial charge on any atom is -0.444 e. The van der Waals surface area contributed by atoms with Crippen LogP contribution in [0.5, 0.6) is 0 Å². The molecule has 0 unspecified atom stereocenters. The van der Waals surface area contributed by atoms with Gasteiger partial charge in [0, 0.05) is 26.2 Å². The van der Waals surface area contributed by atoms with Gasteiger partial charge in [0.1, 0.15) is 17.2 Å². The molecule has 0 radical (unpaired) electrons. The third kappa shape index (κ3) is 4.00.